The summed E-state index contributed by atoms with van der Waals surface area (Å²) in [4.78, 5) is 18.9. The molecule has 0 aliphatic carbocycles. The number of aromatic nitrogens is 2. The summed E-state index contributed by atoms with van der Waals surface area (Å²) in [7, 11) is 3.12. The molecule has 1 N–H and O–H groups in total. The van der Waals surface area contributed by atoms with Crippen LogP contribution in [0.3, 0.4) is 0 Å². The maximum atomic E-state index is 12.3. The highest BCUT2D eigenvalue weighted by molar-refractivity contribution is 5.89. The molecule has 1 fully saturated rings. The van der Waals surface area contributed by atoms with Crippen molar-refractivity contribution in [2.75, 3.05) is 33.9 Å². The summed E-state index contributed by atoms with van der Waals surface area (Å²) in [6, 6.07) is 5.65. The van der Waals surface area contributed by atoms with Crippen LogP contribution in [0.25, 0.3) is 11.4 Å². The fourth-order valence-corrected chi connectivity index (χ4v) is 3.24. The molecule has 8 nitrogen and oxygen atoms in total. The molecule has 0 saturated carbocycles. The number of nitrogens with one attached hydrogen (secondary N) is 1. The number of ether oxygens (including phenoxy) is 2. The van der Waals surface area contributed by atoms with Crippen LogP contribution in [0.5, 0.6) is 11.5 Å². The molecule has 1 aliphatic rings. The predicted molar refractivity (Wildman–Crippen MR) is 95.4 cm³/mol. The van der Waals surface area contributed by atoms with Crippen molar-refractivity contribution < 1.29 is 18.8 Å². The predicted octanol–water partition coefficient (Wildman–Crippen LogP) is 1.97. The van der Waals surface area contributed by atoms with Gasteiger partial charge in [0, 0.05) is 18.2 Å². The Morgan fingerprint density at radius 2 is 2.15 bits per heavy atom. The zero-order valence-electron chi connectivity index (χ0n) is 15.3. The van der Waals surface area contributed by atoms with Crippen molar-refractivity contribution in [3.8, 4) is 22.9 Å². The van der Waals surface area contributed by atoms with E-state index in [4.69, 9.17) is 14.0 Å². The molecule has 1 saturated heterocycles. The molecular weight excluding hydrogens is 336 g/mol. The molecular formula is C18H24N4O4. The quantitative estimate of drug-likeness (QED) is 0.807. The lowest BCUT2D eigenvalue weighted by molar-refractivity contribution is 0.0897. The van der Waals surface area contributed by atoms with Gasteiger partial charge in [-0.05, 0) is 44.1 Å². The first-order chi connectivity index (χ1) is 12.7. The van der Waals surface area contributed by atoms with Crippen LogP contribution in [0.4, 0.5) is 0 Å². The minimum atomic E-state index is -0.354. The van der Waals surface area contributed by atoms with E-state index in [9.17, 15) is 4.79 Å². The highest BCUT2D eigenvalue weighted by Crippen LogP contribution is 2.31. The lowest BCUT2D eigenvalue weighted by Gasteiger charge is -2.22. The van der Waals surface area contributed by atoms with E-state index in [1.54, 1.807) is 32.4 Å². The van der Waals surface area contributed by atoms with Crippen molar-refractivity contribution in [1.82, 2.24) is 20.4 Å². The van der Waals surface area contributed by atoms with E-state index in [1.807, 2.05) is 0 Å². The van der Waals surface area contributed by atoms with Gasteiger partial charge in [0.25, 0.3) is 0 Å². The van der Waals surface area contributed by atoms with E-state index >= 15 is 0 Å². The number of amides is 1. The third-order valence-electron chi connectivity index (χ3n) is 4.67. The van der Waals surface area contributed by atoms with E-state index in [1.165, 1.54) is 6.42 Å². The van der Waals surface area contributed by atoms with Crippen molar-refractivity contribution >= 4 is 5.91 Å². The molecule has 140 valence electrons. The standard InChI is InChI=1S/C18H24N4O4/c1-4-22-9-5-6-13(22)11-19-17(23)18-20-16(21-26-18)12-7-8-14(24-2)15(10-12)25-3/h7-8,10,13H,4-6,9,11H2,1-3H3,(H,19,23). The molecule has 0 radical (unpaired) electrons. The van der Waals surface area contributed by atoms with Gasteiger partial charge in [-0.3, -0.25) is 9.69 Å². The molecule has 3 rings (SSSR count). The van der Waals surface area contributed by atoms with Gasteiger partial charge < -0.3 is 19.3 Å². The molecule has 2 aromatic rings. The molecule has 0 spiro atoms. The fraction of sp³-hybridized carbons (Fsp3) is 0.500. The number of likely N-dealkylation sites (tertiary alicyclic amines) is 1. The summed E-state index contributed by atoms with van der Waals surface area (Å²) in [5.41, 5.74) is 0.679. The Morgan fingerprint density at radius 1 is 1.35 bits per heavy atom. The first-order valence-electron chi connectivity index (χ1n) is 8.74. The van der Waals surface area contributed by atoms with Crippen LogP contribution in [0, 0.1) is 0 Å². The molecule has 1 unspecified atom stereocenters. The summed E-state index contributed by atoms with van der Waals surface area (Å²) in [6.07, 6.45) is 2.26. The van der Waals surface area contributed by atoms with E-state index < -0.39 is 0 Å². The maximum absolute atomic E-state index is 12.3. The molecule has 26 heavy (non-hydrogen) atoms. The van der Waals surface area contributed by atoms with Crippen LogP contribution in [-0.4, -0.2) is 60.8 Å². The number of hydrogen-bond donors (Lipinski definition) is 1. The van der Waals surface area contributed by atoms with Gasteiger partial charge in [-0.15, -0.1) is 0 Å². The summed E-state index contributed by atoms with van der Waals surface area (Å²) >= 11 is 0. The molecule has 1 aliphatic heterocycles. The third kappa shape index (κ3) is 3.80. The van der Waals surface area contributed by atoms with Gasteiger partial charge in [-0.1, -0.05) is 12.1 Å². The van der Waals surface area contributed by atoms with Gasteiger partial charge >= 0.3 is 11.8 Å². The second kappa shape index (κ2) is 8.18. The molecule has 1 atom stereocenters. The monoisotopic (exact) mass is 360 g/mol. The Balaban J connectivity index is 1.66. The largest absolute Gasteiger partial charge is 0.493 e. The maximum Gasteiger partial charge on any atom is 0.316 e. The van der Waals surface area contributed by atoms with Crippen LogP contribution in [0.1, 0.15) is 30.5 Å². The van der Waals surface area contributed by atoms with Crippen molar-refractivity contribution in [2.24, 2.45) is 0 Å². The third-order valence-corrected chi connectivity index (χ3v) is 4.67. The number of carbonyl (C=O) groups excluding carboxylic acids is 1. The first-order valence-corrected chi connectivity index (χ1v) is 8.74. The van der Waals surface area contributed by atoms with Gasteiger partial charge in [0.2, 0.25) is 5.82 Å². The topological polar surface area (TPSA) is 89.7 Å². The summed E-state index contributed by atoms with van der Waals surface area (Å²) < 4.78 is 15.6. The lowest BCUT2D eigenvalue weighted by atomic mass is 10.2. The van der Waals surface area contributed by atoms with Crippen LogP contribution >= 0.6 is 0 Å². The average Bonchev–Trinajstić information content (AvgIpc) is 3.34. The average molecular weight is 360 g/mol. The second-order valence-corrected chi connectivity index (χ2v) is 6.13. The van der Waals surface area contributed by atoms with E-state index in [2.05, 4.69) is 27.3 Å². The van der Waals surface area contributed by atoms with Gasteiger partial charge in [0.05, 0.1) is 14.2 Å². The number of benzene rings is 1. The van der Waals surface area contributed by atoms with Gasteiger partial charge in [0.15, 0.2) is 11.5 Å². The fourth-order valence-electron chi connectivity index (χ4n) is 3.24. The summed E-state index contributed by atoms with van der Waals surface area (Å²) in [5, 5.41) is 6.78. The highest BCUT2D eigenvalue weighted by Gasteiger charge is 2.24. The number of methoxy groups -OCH3 is 2. The first kappa shape index (κ1) is 18.2. The van der Waals surface area contributed by atoms with Crippen LogP contribution < -0.4 is 14.8 Å². The number of likely N-dealkylation sites (N-methyl/N-ethyl adjacent to an activating group) is 1. The van der Waals surface area contributed by atoms with Gasteiger partial charge in [0.1, 0.15) is 0 Å². The minimum Gasteiger partial charge on any atom is -0.493 e. The Morgan fingerprint density at radius 3 is 2.88 bits per heavy atom. The Bertz CT molecular complexity index is 761. The Kier molecular flexibility index (Phi) is 5.72. The summed E-state index contributed by atoms with van der Waals surface area (Å²) in [5.74, 6) is 1.09. The molecule has 1 amide bonds. The molecule has 1 aromatic heterocycles. The zero-order valence-corrected chi connectivity index (χ0v) is 15.3. The molecule has 2 heterocycles. The minimum absolute atomic E-state index is 0.0455. The van der Waals surface area contributed by atoms with Crippen molar-refractivity contribution in [3.05, 3.63) is 24.1 Å². The molecule has 0 bridgehead atoms. The van der Waals surface area contributed by atoms with Crippen LogP contribution in [0.2, 0.25) is 0 Å². The second-order valence-electron chi connectivity index (χ2n) is 6.13. The number of rotatable bonds is 7. The SMILES string of the molecule is CCN1CCCC1CNC(=O)c1nc(-c2ccc(OC)c(OC)c2)no1. The normalized spacial score (nSPS) is 17.3. The number of hydrogen-bond acceptors (Lipinski definition) is 7. The Labute approximate surface area is 152 Å². The molecule has 1 aromatic carbocycles. The van der Waals surface area contributed by atoms with E-state index in [0.717, 1.165) is 19.5 Å². The molecule has 8 heteroatoms. The highest BCUT2D eigenvalue weighted by atomic mass is 16.5. The smallest absolute Gasteiger partial charge is 0.316 e. The van der Waals surface area contributed by atoms with Crippen LogP contribution in [0.15, 0.2) is 22.7 Å². The van der Waals surface area contributed by atoms with Crippen molar-refractivity contribution in [2.45, 2.75) is 25.8 Å². The van der Waals surface area contributed by atoms with Gasteiger partial charge in [-0.25, -0.2) is 0 Å². The van der Waals surface area contributed by atoms with Crippen molar-refractivity contribution in [1.29, 1.82) is 0 Å². The Hall–Kier alpha value is -2.61. The van der Waals surface area contributed by atoms with E-state index in [0.29, 0.717) is 35.5 Å². The van der Waals surface area contributed by atoms with Crippen molar-refractivity contribution in [3.63, 3.8) is 0 Å². The van der Waals surface area contributed by atoms with Gasteiger partial charge in [-0.2, -0.15) is 4.98 Å². The number of carbonyl (C=O) groups is 1. The lowest BCUT2D eigenvalue weighted by Crippen LogP contribution is -2.40. The summed E-state index contributed by atoms with van der Waals surface area (Å²) in [6.45, 7) is 4.79. The van der Waals surface area contributed by atoms with E-state index in [-0.39, 0.29) is 11.8 Å². The zero-order chi connectivity index (χ0) is 18.5. The van der Waals surface area contributed by atoms with Crippen LogP contribution in [-0.2, 0) is 0 Å². The number of nitrogens with zero attached hydrogens (tertiary/aromatic N) is 3.